The van der Waals surface area contributed by atoms with Crippen LogP contribution in [-0.2, 0) is 10.0 Å². The molecule has 26 heavy (non-hydrogen) atoms. The van der Waals surface area contributed by atoms with Crippen molar-refractivity contribution in [3.63, 3.8) is 0 Å². The minimum atomic E-state index is -4.18. The molecule has 3 aromatic rings. The summed E-state index contributed by atoms with van der Waals surface area (Å²) in [6.45, 7) is 0. The van der Waals surface area contributed by atoms with Crippen LogP contribution >= 0.6 is 11.6 Å². The summed E-state index contributed by atoms with van der Waals surface area (Å²) in [7, 11) is -4.18. The van der Waals surface area contributed by atoms with Gasteiger partial charge in [0.05, 0.1) is 0 Å². The Morgan fingerprint density at radius 1 is 0.846 bits per heavy atom. The number of anilines is 1. The molecule has 0 aliphatic heterocycles. The fraction of sp³-hybridized carbons (Fsp3) is 0. The lowest BCUT2D eigenvalue weighted by molar-refractivity contribution is 0.483. The van der Waals surface area contributed by atoms with Gasteiger partial charge in [-0.25, -0.2) is 17.2 Å². The highest BCUT2D eigenvalue weighted by Gasteiger charge is 2.19. The van der Waals surface area contributed by atoms with Gasteiger partial charge in [0.25, 0.3) is 10.0 Å². The molecule has 0 aliphatic carbocycles. The molecule has 0 heterocycles. The fourth-order valence-electron chi connectivity index (χ4n) is 2.13. The van der Waals surface area contributed by atoms with Gasteiger partial charge in [-0.3, -0.25) is 4.72 Å². The third kappa shape index (κ3) is 4.30. The summed E-state index contributed by atoms with van der Waals surface area (Å²) in [5.74, 6) is -0.982. The monoisotopic (exact) mass is 395 g/mol. The molecule has 0 amide bonds. The van der Waals surface area contributed by atoms with Gasteiger partial charge >= 0.3 is 0 Å². The van der Waals surface area contributed by atoms with E-state index in [0.29, 0.717) is 22.6 Å². The van der Waals surface area contributed by atoms with E-state index in [-0.39, 0.29) is 5.69 Å². The van der Waals surface area contributed by atoms with Crippen molar-refractivity contribution in [3.05, 3.63) is 83.4 Å². The molecule has 0 spiro atoms. The second kappa shape index (κ2) is 7.31. The molecule has 3 aromatic carbocycles. The topological polar surface area (TPSA) is 55.4 Å². The number of ether oxygens (including phenoxy) is 1. The minimum Gasteiger partial charge on any atom is -0.457 e. The second-order valence-corrected chi connectivity index (χ2v) is 7.35. The highest BCUT2D eigenvalue weighted by Crippen LogP contribution is 2.26. The standard InChI is InChI=1S/C18H12ClF2NO3S/c19-12-1-6-15(7-2-12)25-16-8-4-14(5-9-16)22-26(23,24)18-10-3-13(20)11-17(18)21/h1-11,22H. The van der Waals surface area contributed by atoms with Crippen molar-refractivity contribution in [1.82, 2.24) is 0 Å². The summed E-state index contributed by atoms with van der Waals surface area (Å²) >= 11 is 5.80. The van der Waals surface area contributed by atoms with Gasteiger partial charge < -0.3 is 4.74 Å². The average molecular weight is 396 g/mol. The summed E-state index contributed by atoms with van der Waals surface area (Å²) in [4.78, 5) is -0.639. The van der Waals surface area contributed by atoms with Gasteiger partial charge in [0.15, 0.2) is 0 Å². The maximum absolute atomic E-state index is 13.7. The van der Waals surface area contributed by atoms with E-state index >= 15 is 0 Å². The SMILES string of the molecule is O=S(=O)(Nc1ccc(Oc2ccc(Cl)cc2)cc1)c1ccc(F)cc1F. The lowest BCUT2D eigenvalue weighted by Crippen LogP contribution is -2.14. The van der Waals surface area contributed by atoms with Crippen LogP contribution < -0.4 is 9.46 Å². The van der Waals surface area contributed by atoms with E-state index in [1.807, 2.05) is 0 Å². The van der Waals surface area contributed by atoms with Crippen molar-refractivity contribution in [2.75, 3.05) is 4.72 Å². The Morgan fingerprint density at radius 2 is 1.42 bits per heavy atom. The van der Waals surface area contributed by atoms with Gasteiger partial charge in [-0.15, -0.1) is 0 Å². The van der Waals surface area contributed by atoms with Gasteiger partial charge in [0, 0.05) is 16.8 Å². The number of hydrogen-bond donors (Lipinski definition) is 1. The molecule has 0 unspecified atom stereocenters. The van der Waals surface area contributed by atoms with E-state index in [0.717, 1.165) is 12.1 Å². The molecule has 0 fully saturated rings. The van der Waals surface area contributed by atoms with Crippen molar-refractivity contribution in [2.45, 2.75) is 4.90 Å². The van der Waals surface area contributed by atoms with E-state index in [1.54, 1.807) is 36.4 Å². The third-order valence-electron chi connectivity index (χ3n) is 3.34. The molecule has 8 heteroatoms. The highest BCUT2D eigenvalue weighted by atomic mass is 35.5. The molecular formula is C18H12ClF2NO3S. The summed E-state index contributed by atoms with van der Waals surface area (Å²) in [6, 6.07) is 15.0. The van der Waals surface area contributed by atoms with E-state index in [4.69, 9.17) is 16.3 Å². The lowest BCUT2D eigenvalue weighted by Gasteiger charge is -2.10. The van der Waals surface area contributed by atoms with E-state index in [9.17, 15) is 17.2 Å². The van der Waals surface area contributed by atoms with Crippen LogP contribution in [0.25, 0.3) is 0 Å². The zero-order valence-electron chi connectivity index (χ0n) is 13.1. The summed E-state index contributed by atoms with van der Waals surface area (Å²) < 4.78 is 58.9. The van der Waals surface area contributed by atoms with Crippen LogP contribution in [0.3, 0.4) is 0 Å². The maximum Gasteiger partial charge on any atom is 0.264 e. The molecular weight excluding hydrogens is 384 g/mol. The van der Waals surface area contributed by atoms with Gasteiger partial charge in [-0.1, -0.05) is 11.6 Å². The van der Waals surface area contributed by atoms with Crippen molar-refractivity contribution >= 4 is 27.3 Å². The number of rotatable bonds is 5. The largest absolute Gasteiger partial charge is 0.457 e. The number of nitrogens with one attached hydrogen (secondary N) is 1. The van der Waals surface area contributed by atoms with E-state index < -0.39 is 26.6 Å². The first-order valence-electron chi connectivity index (χ1n) is 7.35. The average Bonchev–Trinajstić information content (AvgIpc) is 2.58. The quantitative estimate of drug-likeness (QED) is 0.645. The normalized spacial score (nSPS) is 11.2. The Kier molecular flexibility index (Phi) is 5.11. The first-order valence-corrected chi connectivity index (χ1v) is 9.21. The molecule has 4 nitrogen and oxygen atoms in total. The first kappa shape index (κ1) is 18.2. The molecule has 0 aliphatic rings. The van der Waals surface area contributed by atoms with Crippen molar-refractivity contribution in [3.8, 4) is 11.5 Å². The van der Waals surface area contributed by atoms with Crippen LogP contribution in [0.5, 0.6) is 11.5 Å². The molecule has 0 saturated heterocycles. The van der Waals surface area contributed by atoms with Crippen molar-refractivity contribution < 1.29 is 21.9 Å². The number of benzene rings is 3. The predicted molar refractivity (Wildman–Crippen MR) is 95.1 cm³/mol. The third-order valence-corrected chi connectivity index (χ3v) is 5.01. The summed E-state index contributed by atoms with van der Waals surface area (Å²) in [6.07, 6.45) is 0. The van der Waals surface area contributed by atoms with Crippen LogP contribution in [0.15, 0.2) is 71.6 Å². The van der Waals surface area contributed by atoms with Gasteiger partial charge in [0.1, 0.15) is 28.0 Å². The Hall–Kier alpha value is -2.64. The molecule has 3 rings (SSSR count). The van der Waals surface area contributed by atoms with E-state index in [1.165, 1.54) is 12.1 Å². The molecule has 134 valence electrons. The lowest BCUT2D eigenvalue weighted by atomic mass is 10.3. The molecule has 0 aromatic heterocycles. The van der Waals surface area contributed by atoms with Crippen molar-refractivity contribution in [1.29, 1.82) is 0 Å². The molecule has 0 radical (unpaired) electrons. The molecule has 1 N–H and O–H groups in total. The van der Waals surface area contributed by atoms with Crippen molar-refractivity contribution in [2.24, 2.45) is 0 Å². The smallest absolute Gasteiger partial charge is 0.264 e. The highest BCUT2D eigenvalue weighted by molar-refractivity contribution is 7.92. The van der Waals surface area contributed by atoms with Gasteiger partial charge in [-0.2, -0.15) is 0 Å². The van der Waals surface area contributed by atoms with Crippen LogP contribution in [0.1, 0.15) is 0 Å². The molecule has 0 bridgehead atoms. The summed E-state index contributed by atoms with van der Waals surface area (Å²) in [5.41, 5.74) is 0.206. The predicted octanol–water partition coefficient (Wildman–Crippen LogP) is 5.21. The van der Waals surface area contributed by atoms with Crippen LogP contribution in [0.4, 0.5) is 14.5 Å². The Bertz CT molecular complexity index is 1020. The van der Waals surface area contributed by atoms with Crippen LogP contribution in [0.2, 0.25) is 5.02 Å². The fourth-order valence-corrected chi connectivity index (χ4v) is 3.38. The van der Waals surface area contributed by atoms with Gasteiger partial charge in [0.2, 0.25) is 0 Å². The second-order valence-electron chi connectivity index (χ2n) is 5.26. The molecule has 0 saturated carbocycles. The Balaban J connectivity index is 1.75. The minimum absolute atomic E-state index is 0.206. The van der Waals surface area contributed by atoms with E-state index in [2.05, 4.69) is 4.72 Å². The summed E-state index contributed by atoms with van der Waals surface area (Å²) in [5, 5.41) is 0.579. The molecule has 0 atom stereocenters. The van der Waals surface area contributed by atoms with Crippen LogP contribution in [-0.4, -0.2) is 8.42 Å². The Morgan fingerprint density at radius 3 is 2.00 bits per heavy atom. The first-order chi connectivity index (χ1) is 12.3. The number of halogens is 3. The maximum atomic E-state index is 13.7. The Labute approximate surface area is 154 Å². The van der Waals surface area contributed by atoms with Crippen LogP contribution in [0, 0.1) is 11.6 Å². The zero-order valence-corrected chi connectivity index (χ0v) is 14.7. The number of hydrogen-bond acceptors (Lipinski definition) is 3. The number of sulfonamides is 1. The van der Waals surface area contributed by atoms with Gasteiger partial charge in [-0.05, 0) is 60.7 Å². The zero-order chi connectivity index (χ0) is 18.7.